The molecule has 0 atom stereocenters. The molecule has 3 heteroatoms. The van der Waals surface area contributed by atoms with Gasteiger partial charge in [0.25, 0.3) is 0 Å². The van der Waals surface area contributed by atoms with Crippen LogP contribution in [0.3, 0.4) is 0 Å². The Morgan fingerprint density at radius 3 is 2.73 bits per heavy atom. The first-order valence-corrected chi connectivity index (χ1v) is 5.33. The van der Waals surface area contributed by atoms with Gasteiger partial charge in [0.2, 0.25) is 0 Å². The lowest BCUT2D eigenvalue weighted by molar-refractivity contribution is 0.112. The molecule has 1 aromatic rings. The summed E-state index contributed by atoms with van der Waals surface area (Å²) in [5, 5.41) is 3.31. The average Bonchev–Trinajstić information content (AvgIpc) is 2.31. The summed E-state index contributed by atoms with van der Waals surface area (Å²) in [4.78, 5) is 13.1. The second-order valence-corrected chi connectivity index (χ2v) is 3.90. The molecule has 0 bridgehead atoms. The maximum Gasteiger partial charge on any atom is 0.150 e. The van der Waals surface area contributed by atoms with Gasteiger partial charge in [-0.15, -0.1) is 0 Å². The highest BCUT2D eigenvalue weighted by atomic mass is 16.1. The molecule has 1 aliphatic rings. The first-order valence-electron chi connectivity index (χ1n) is 5.33. The van der Waals surface area contributed by atoms with E-state index in [2.05, 4.69) is 16.3 Å². The van der Waals surface area contributed by atoms with Gasteiger partial charge in [-0.05, 0) is 24.6 Å². The summed E-state index contributed by atoms with van der Waals surface area (Å²) in [6.45, 7) is 6.03. The summed E-state index contributed by atoms with van der Waals surface area (Å²) in [5.41, 5.74) is 3.00. The highest BCUT2D eigenvalue weighted by Gasteiger charge is 2.11. The predicted molar refractivity (Wildman–Crippen MR) is 61.6 cm³/mol. The van der Waals surface area contributed by atoms with Gasteiger partial charge < -0.3 is 10.2 Å². The van der Waals surface area contributed by atoms with Gasteiger partial charge >= 0.3 is 0 Å². The normalized spacial score (nSPS) is 16.5. The van der Waals surface area contributed by atoms with Crippen LogP contribution in [-0.4, -0.2) is 32.5 Å². The number of benzene rings is 1. The fraction of sp³-hybridized carbons (Fsp3) is 0.417. The Labute approximate surface area is 90.1 Å². The van der Waals surface area contributed by atoms with E-state index >= 15 is 0 Å². The summed E-state index contributed by atoms with van der Waals surface area (Å²) < 4.78 is 0. The van der Waals surface area contributed by atoms with Crippen LogP contribution < -0.4 is 10.2 Å². The number of hydrogen-bond donors (Lipinski definition) is 1. The minimum absolute atomic E-state index is 0.797. The van der Waals surface area contributed by atoms with Crippen molar-refractivity contribution in [3.63, 3.8) is 0 Å². The minimum atomic E-state index is 0.797. The molecule has 3 nitrogen and oxygen atoms in total. The van der Waals surface area contributed by atoms with Crippen LogP contribution in [0.5, 0.6) is 0 Å². The number of rotatable bonds is 2. The lowest BCUT2D eigenvalue weighted by Crippen LogP contribution is -2.43. The van der Waals surface area contributed by atoms with E-state index in [-0.39, 0.29) is 0 Å². The van der Waals surface area contributed by atoms with Crippen molar-refractivity contribution in [1.29, 1.82) is 0 Å². The van der Waals surface area contributed by atoms with Crippen LogP contribution >= 0.6 is 0 Å². The van der Waals surface area contributed by atoms with Crippen LogP contribution in [-0.2, 0) is 0 Å². The number of piperazine rings is 1. The molecule has 0 spiro atoms. The van der Waals surface area contributed by atoms with Gasteiger partial charge in [-0.2, -0.15) is 0 Å². The first-order chi connectivity index (χ1) is 7.31. The molecular weight excluding hydrogens is 188 g/mol. The number of aldehydes is 1. The van der Waals surface area contributed by atoms with Gasteiger partial charge in [0, 0.05) is 37.4 Å². The molecule has 0 unspecified atom stereocenters. The largest absolute Gasteiger partial charge is 0.369 e. The van der Waals surface area contributed by atoms with Gasteiger partial charge in [-0.25, -0.2) is 0 Å². The minimum Gasteiger partial charge on any atom is -0.369 e. The van der Waals surface area contributed by atoms with Crippen molar-refractivity contribution in [3.8, 4) is 0 Å². The third-order valence-corrected chi connectivity index (χ3v) is 2.87. The van der Waals surface area contributed by atoms with E-state index in [9.17, 15) is 4.79 Å². The van der Waals surface area contributed by atoms with E-state index < -0.39 is 0 Å². The van der Waals surface area contributed by atoms with Crippen molar-refractivity contribution < 1.29 is 4.79 Å². The van der Waals surface area contributed by atoms with Crippen LogP contribution in [0.2, 0.25) is 0 Å². The van der Waals surface area contributed by atoms with Gasteiger partial charge in [0.05, 0.1) is 0 Å². The molecule has 1 heterocycles. The Morgan fingerprint density at radius 1 is 1.33 bits per heavy atom. The third-order valence-electron chi connectivity index (χ3n) is 2.87. The van der Waals surface area contributed by atoms with Crippen molar-refractivity contribution in [2.75, 3.05) is 31.1 Å². The topological polar surface area (TPSA) is 32.3 Å². The molecule has 2 rings (SSSR count). The number of carbonyl (C=O) groups excluding carboxylic acids is 1. The predicted octanol–water partition coefficient (Wildman–Crippen LogP) is 1.22. The molecule has 80 valence electrons. The fourth-order valence-electron chi connectivity index (χ4n) is 1.87. The van der Waals surface area contributed by atoms with Gasteiger partial charge in [0.1, 0.15) is 6.29 Å². The molecule has 1 aliphatic heterocycles. The Hall–Kier alpha value is -1.35. The molecule has 0 aromatic heterocycles. The second-order valence-electron chi connectivity index (χ2n) is 3.90. The van der Waals surface area contributed by atoms with Gasteiger partial charge in [0.15, 0.2) is 0 Å². The number of nitrogens with one attached hydrogen (secondary N) is 1. The van der Waals surface area contributed by atoms with Crippen LogP contribution in [0.4, 0.5) is 5.69 Å². The third kappa shape index (κ3) is 2.18. The van der Waals surface area contributed by atoms with Gasteiger partial charge in [-0.1, -0.05) is 6.07 Å². The number of anilines is 1. The summed E-state index contributed by atoms with van der Waals surface area (Å²) in [5.74, 6) is 0. The molecule has 1 saturated heterocycles. The highest BCUT2D eigenvalue weighted by molar-refractivity contribution is 5.79. The van der Waals surface area contributed by atoms with Gasteiger partial charge in [-0.3, -0.25) is 4.79 Å². The Morgan fingerprint density at radius 2 is 2.07 bits per heavy atom. The molecule has 0 amide bonds. The molecule has 1 fully saturated rings. The van der Waals surface area contributed by atoms with E-state index in [1.165, 1.54) is 0 Å². The smallest absolute Gasteiger partial charge is 0.150 e. The lowest BCUT2D eigenvalue weighted by atomic mass is 10.1. The monoisotopic (exact) mass is 204 g/mol. The molecule has 15 heavy (non-hydrogen) atoms. The van der Waals surface area contributed by atoms with Crippen molar-refractivity contribution >= 4 is 12.0 Å². The highest BCUT2D eigenvalue weighted by Crippen LogP contribution is 2.18. The zero-order valence-corrected chi connectivity index (χ0v) is 8.99. The van der Waals surface area contributed by atoms with Crippen molar-refractivity contribution in [2.24, 2.45) is 0 Å². The zero-order valence-electron chi connectivity index (χ0n) is 8.99. The molecule has 1 N–H and O–H groups in total. The summed E-state index contributed by atoms with van der Waals surface area (Å²) in [6.07, 6.45) is 0.932. The number of carbonyl (C=O) groups is 1. The quantitative estimate of drug-likeness (QED) is 0.735. The number of nitrogens with zero attached hydrogens (tertiary/aromatic N) is 1. The van der Waals surface area contributed by atoms with Crippen LogP contribution in [0.1, 0.15) is 15.9 Å². The standard InChI is InChI=1S/C12H16N2O/c1-10-2-3-12(8-11(10)9-15)14-6-4-13-5-7-14/h2-3,8-9,13H,4-7H2,1H3. The number of aryl methyl sites for hydroxylation is 1. The Balaban J connectivity index is 2.23. The Kier molecular flexibility index (Phi) is 3.02. The maximum atomic E-state index is 10.8. The Bertz CT molecular complexity index is 357. The van der Waals surface area contributed by atoms with E-state index in [1.807, 2.05) is 19.1 Å². The number of hydrogen-bond acceptors (Lipinski definition) is 3. The summed E-state index contributed by atoms with van der Waals surface area (Å²) in [6, 6.07) is 6.09. The SMILES string of the molecule is Cc1ccc(N2CCNCC2)cc1C=O. The van der Waals surface area contributed by atoms with Crippen molar-refractivity contribution in [2.45, 2.75) is 6.92 Å². The molecule has 0 radical (unpaired) electrons. The molecule has 1 aromatic carbocycles. The molecule has 0 aliphatic carbocycles. The first kappa shape index (κ1) is 10.2. The maximum absolute atomic E-state index is 10.8. The van der Waals surface area contributed by atoms with E-state index in [0.29, 0.717) is 0 Å². The lowest BCUT2D eigenvalue weighted by Gasteiger charge is -2.29. The van der Waals surface area contributed by atoms with Crippen LogP contribution in [0, 0.1) is 6.92 Å². The van der Waals surface area contributed by atoms with Crippen molar-refractivity contribution in [3.05, 3.63) is 29.3 Å². The summed E-state index contributed by atoms with van der Waals surface area (Å²) in [7, 11) is 0. The van der Waals surface area contributed by atoms with E-state index in [0.717, 1.165) is 49.3 Å². The zero-order chi connectivity index (χ0) is 10.7. The second kappa shape index (κ2) is 4.45. The fourth-order valence-corrected chi connectivity index (χ4v) is 1.87. The van der Waals surface area contributed by atoms with E-state index in [1.54, 1.807) is 0 Å². The molecular formula is C12H16N2O. The van der Waals surface area contributed by atoms with Crippen LogP contribution in [0.15, 0.2) is 18.2 Å². The van der Waals surface area contributed by atoms with E-state index in [4.69, 9.17) is 0 Å². The average molecular weight is 204 g/mol. The summed E-state index contributed by atoms with van der Waals surface area (Å²) >= 11 is 0. The van der Waals surface area contributed by atoms with Crippen molar-refractivity contribution in [1.82, 2.24) is 5.32 Å². The molecule has 0 saturated carbocycles. The van der Waals surface area contributed by atoms with Crippen LogP contribution in [0.25, 0.3) is 0 Å².